The lowest BCUT2D eigenvalue weighted by Gasteiger charge is -2.13. The van der Waals surface area contributed by atoms with Crippen LogP contribution in [0, 0.1) is 13.8 Å². The van der Waals surface area contributed by atoms with Crippen molar-refractivity contribution in [1.29, 1.82) is 0 Å². The highest BCUT2D eigenvalue weighted by Gasteiger charge is 2.17. The highest BCUT2D eigenvalue weighted by atomic mass is 35.5. The Morgan fingerprint density at radius 3 is 2.39 bits per heavy atom. The predicted molar refractivity (Wildman–Crippen MR) is 120 cm³/mol. The van der Waals surface area contributed by atoms with Crippen LogP contribution < -0.4 is 10.1 Å². The van der Waals surface area contributed by atoms with Crippen molar-refractivity contribution in [3.05, 3.63) is 82.9 Å². The van der Waals surface area contributed by atoms with E-state index in [4.69, 9.17) is 20.9 Å². The summed E-state index contributed by atoms with van der Waals surface area (Å²) in [5.74, 6) is 0.867. The molecule has 0 atom stereocenters. The van der Waals surface area contributed by atoms with E-state index in [1.54, 1.807) is 18.2 Å². The molecule has 31 heavy (non-hydrogen) atoms. The Kier molecular flexibility index (Phi) is 6.00. The van der Waals surface area contributed by atoms with Crippen LogP contribution in [-0.4, -0.2) is 22.7 Å². The molecular formula is C24H20ClN3O3. The number of para-hydroxylation sites is 2. The van der Waals surface area contributed by atoms with Gasteiger partial charge in [-0.05, 0) is 49.2 Å². The molecule has 6 nitrogen and oxygen atoms in total. The highest BCUT2D eigenvalue weighted by Crippen LogP contribution is 2.32. The van der Waals surface area contributed by atoms with Crippen LogP contribution >= 0.6 is 11.6 Å². The maximum Gasteiger partial charge on any atom is 0.262 e. The van der Waals surface area contributed by atoms with E-state index in [-0.39, 0.29) is 18.4 Å². The highest BCUT2D eigenvalue weighted by molar-refractivity contribution is 6.33. The summed E-state index contributed by atoms with van der Waals surface area (Å²) in [4.78, 5) is 16.9. The number of hydrogen-bond donors (Lipinski definition) is 1. The average Bonchev–Trinajstić information content (AvgIpc) is 3.25. The number of aryl methyl sites for hydroxylation is 2. The molecule has 0 radical (unpaired) electrons. The zero-order valence-corrected chi connectivity index (χ0v) is 17.8. The molecule has 0 aliphatic carbocycles. The number of carbonyl (C=O) groups excluding carboxylic acids is 1. The van der Waals surface area contributed by atoms with Gasteiger partial charge in [-0.3, -0.25) is 4.79 Å². The van der Waals surface area contributed by atoms with Crippen LogP contribution in [0.2, 0.25) is 5.02 Å². The van der Waals surface area contributed by atoms with Gasteiger partial charge in [-0.2, -0.15) is 4.98 Å². The van der Waals surface area contributed by atoms with Gasteiger partial charge in [0.25, 0.3) is 11.8 Å². The molecule has 0 saturated carbocycles. The minimum atomic E-state index is -0.255. The van der Waals surface area contributed by atoms with E-state index in [1.807, 2.05) is 62.4 Å². The van der Waals surface area contributed by atoms with Crippen molar-refractivity contribution in [2.24, 2.45) is 0 Å². The van der Waals surface area contributed by atoms with Crippen LogP contribution in [0.1, 0.15) is 11.1 Å². The number of hydrogen-bond acceptors (Lipinski definition) is 5. The number of ether oxygens (including phenoxy) is 1. The summed E-state index contributed by atoms with van der Waals surface area (Å²) in [6.45, 7) is 3.74. The maximum absolute atomic E-state index is 12.5. The van der Waals surface area contributed by atoms with Gasteiger partial charge in [-0.25, -0.2) is 0 Å². The Morgan fingerprint density at radius 1 is 0.968 bits per heavy atom. The zero-order valence-electron chi connectivity index (χ0n) is 17.1. The summed E-state index contributed by atoms with van der Waals surface area (Å²) < 4.78 is 11.2. The normalized spacial score (nSPS) is 10.7. The van der Waals surface area contributed by atoms with Crippen molar-refractivity contribution < 1.29 is 14.1 Å². The van der Waals surface area contributed by atoms with Crippen molar-refractivity contribution in [3.63, 3.8) is 0 Å². The van der Waals surface area contributed by atoms with E-state index in [0.717, 1.165) is 16.8 Å². The van der Waals surface area contributed by atoms with Crippen LogP contribution in [0.3, 0.4) is 0 Å². The van der Waals surface area contributed by atoms with Gasteiger partial charge < -0.3 is 14.6 Å². The molecule has 1 N–H and O–H groups in total. The third kappa shape index (κ3) is 4.59. The fraction of sp³-hybridized carbons (Fsp3) is 0.125. The van der Waals surface area contributed by atoms with Crippen LogP contribution in [0.15, 0.2) is 71.3 Å². The summed E-state index contributed by atoms with van der Waals surface area (Å²) in [6, 6.07) is 20.3. The standard InChI is InChI=1S/C24H20ClN3O3/c1-15-8-7-9-16(2)22(15)26-21(29)14-30-20-13-6-4-11-18(20)24-27-23(28-31-24)17-10-3-5-12-19(17)25/h3-13H,14H2,1-2H3,(H,26,29). The number of benzene rings is 3. The Balaban J connectivity index is 1.51. The Morgan fingerprint density at radius 2 is 1.65 bits per heavy atom. The lowest BCUT2D eigenvalue weighted by Crippen LogP contribution is -2.21. The Labute approximate surface area is 184 Å². The van der Waals surface area contributed by atoms with Crippen molar-refractivity contribution in [2.75, 3.05) is 11.9 Å². The van der Waals surface area contributed by atoms with E-state index >= 15 is 0 Å². The van der Waals surface area contributed by atoms with Gasteiger partial charge in [0.2, 0.25) is 5.82 Å². The maximum atomic E-state index is 12.5. The summed E-state index contributed by atoms with van der Waals surface area (Å²) in [5, 5.41) is 7.47. The minimum absolute atomic E-state index is 0.156. The molecule has 0 spiro atoms. The third-order valence-corrected chi connectivity index (χ3v) is 5.09. The topological polar surface area (TPSA) is 77.2 Å². The molecular weight excluding hydrogens is 414 g/mol. The van der Waals surface area contributed by atoms with E-state index in [9.17, 15) is 4.79 Å². The SMILES string of the molecule is Cc1cccc(C)c1NC(=O)COc1ccccc1-c1nc(-c2ccccc2Cl)no1. The molecule has 0 bridgehead atoms. The van der Waals surface area contributed by atoms with Gasteiger partial charge in [0.1, 0.15) is 5.75 Å². The number of rotatable bonds is 6. The largest absolute Gasteiger partial charge is 0.483 e. The number of halogens is 1. The molecule has 7 heteroatoms. The molecule has 1 amide bonds. The molecule has 0 aliphatic rings. The van der Waals surface area contributed by atoms with Gasteiger partial charge in [0.05, 0.1) is 10.6 Å². The quantitative estimate of drug-likeness (QED) is 0.422. The van der Waals surface area contributed by atoms with Crippen LogP contribution in [0.4, 0.5) is 5.69 Å². The summed E-state index contributed by atoms with van der Waals surface area (Å²) in [6.07, 6.45) is 0. The first kappa shape index (κ1) is 20.6. The molecule has 1 aromatic heterocycles. The first-order chi connectivity index (χ1) is 15.0. The minimum Gasteiger partial charge on any atom is -0.483 e. The predicted octanol–water partition coefficient (Wildman–Crippen LogP) is 5.69. The first-order valence-electron chi connectivity index (χ1n) is 9.70. The van der Waals surface area contributed by atoms with Gasteiger partial charge in [0, 0.05) is 11.3 Å². The van der Waals surface area contributed by atoms with Crippen molar-refractivity contribution in [1.82, 2.24) is 10.1 Å². The number of aromatic nitrogens is 2. The monoisotopic (exact) mass is 433 g/mol. The van der Waals surface area contributed by atoms with E-state index in [1.165, 1.54) is 0 Å². The zero-order chi connectivity index (χ0) is 21.8. The summed E-state index contributed by atoms with van der Waals surface area (Å²) in [5.41, 5.74) is 4.04. The van der Waals surface area contributed by atoms with Crippen LogP contribution in [0.25, 0.3) is 22.8 Å². The second-order valence-electron chi connectivity index (χ2n) is 7.00. The molecule has 4 aromatic rings. The number of carbonyl (C=O) groups is 1. The van der Waals surface area contributed by atoms with Crippen LogP contribution in [-0.2, 0) is 4.79 Å². The van der Waals surface area contributed by atoms with Gasteiger partial charge in [0.15, 0.2) is 6.61 Å². The second-order valence-corrected chi connectivity index (χ2v) is 7.41. The molecule has 156 valence electrons. The summed E-state index contributed by atoms with van der Waals surface area (Å²) in [7, 11) is 0. The number of nitrogens with one attached hydrogen (secondary N) is 1. The molecule has 0 unspecified atom stereocenters. The number of anilines is 1. The number of amides is 1. The van der Waals surface area contributed by atoms with Crippen molar-refractivity contribution in [2.45, 2.75) is 13.8 Å². The fourth-order valence-corrected chi connectivity index (χ4v) is 3.40. The molecule has 4 rings (SSSR count). The molecule has 3 aromatic carbocycles. The summed E-state index contributed by atoms with van der Waals surface area (Å²) >= 11 is 6.23. The second kappa shape index (κ2) is 9.02. The average molecular weight is 434 g/mol. The number of nitrogens with zero attached hydrogens (tertiary/aromatic N) is 2. The third-order valence-electron chi connectivity index (χ3n) is 4.76. The molecule has 0 aliphatic heterocycles. The van der Waals surface area contributed by atoms with E-state index in [0.29, 0.717) is 27.7 Å². The Hall–Kier alpha value is -3.64. The van der Waals surface area contributed by atoms with E-state index < -0.39 is 0 Å². The van der Waals surface area contributed by atoms with Crippen LogP contribution in [0.5, 0.6) is 5.75 Å². The molecule has 1 heterocycles. The fourth-order valence-electron chi connectivity index (χ4n) is 3.18. The molecule has 0 saturated heterocycles. The van der Waals surface area contributed by atoms with Gasteiger partial charge in [-0.1, -0.05) is 59.2 Å². The first-order valence-corrected chi connectivity index (χ1v) is 10.1. The van der Waals surface area contributed by atoms with Gasteiger partial charge >= 0.3 is 0 Å². The lowest BCUT2D eigenvalue weighted by atomic mass is 10.1. The lowest BCUT2D eigenvalue weighted by molar-refractivity contribution is -0.118. The van der Waals surface area contributed by atoms with Crippen molar-refractivity contribution >= 4 is 23.2 Å². The Bertz CT molecular complexity index is 1220. The van der Waals surface area contributed by atoms with E-state index in [2.05, 4.69) is 15.5 Å². The molecule has 0 fully saturated rings. The van der Waals surface area contributed by atoms with Gasteiger partial charge in [-0.15, -0.1) is 0 Å². The van der Waals surface area contributed by atoms with Crippen molar-refractivity contribution in [3.8, 4) is 28.6 Å². The smallest absolute Gasteiger partial charge is 0.262 e.